The molecule has 1 aromatic rings. The van der Waals surface area contributed by atoms with Crippen LogP contribution in [-0.4, -0.2) is 40.4 Å². The van der Waals surface area contributed by atoms with Crippen LogP contribution in [0.5, 0.6) is 5.75 Å². The van der Waals surface area contributed by atoms with Crippen molar-refractivity contribution in [3.8, 4) is 5.75 Å². The molecule has 0 atom stereocenters. The summed E-state index contributed by atoms with van der Waals surface area (Å²) in [6, 6.07) is 7.60. The normalized spacial score (nSPS) is 15.7. The van der Waals surface area contributed by atoms with Crippen molar-refractivity contribution in [2.45, 2.75) is 46.1 Å². The molecule has 1 heterocycles. The molecule has 0 spiro atoms. The number of carbonyl (C=O) groups excluding carboxylic acids is 2. The van der Waals surface area contributed by atoms with Crippen LogP contribution in [0.3, 0.4) is 0 Å². The van der Waals surface area contributed by atoms with E-state index in [2.05, 4.69) is 0 Å². The summed E-state index contributed by atoms with van der Waals surface area (Å²) < 4.78 is 11.3. The summed E-state index contributed by atoms with van der Waals surface area (Å²) >= 11 is 6.61. The SMILES string of the molecule is CCCOC(=O)CCCN1C(=O)/C(=C\c2cccc(OC(C)C)c2)SC1=S. The molecule has 0 aliphatic carbocycles. The lowest BCUT2D eigenvalue weighted by Crippen LogP contribution is -2.29. The molecular weight excluding hydrogens is 382 g/mol. The van der Waals surface area contributed by atoms with E-state index in [9.17, 15) is 9.59 Å². The number of amides is 1. The van der Waals surface area contributed by atoms with Crippen molar-refractivity contribution in [1.82, 2.24) is 4.90 Å². The lowest BCUT2D eigenvalue weighted by atomic mass is 10.2. The van der Waals surface area contributed by atoms with Gasteiger partial charge in [0.15, 0.2) is 0 Å². The number of esters is 1. The predicted octanol–water partition coefficient (Wildman–Crippen LogP) is 4.41. The van der Waals surface area contributed by atoms with Gasteiger partial charge in [0.2, 0.25) is 0 Å². The Hall–Kier alpha value is -1.86. The van der Waals surface area contributed by atoms with E-state index in [0.717, 1.165) is 17.7 Å². The molecule has 27 heavy (non-hydrogen) atoms. The molecule has 1 fully saturated rings. The average Bonchev–Trinajstić information content (AvgIpc) is 2.87. The van der Waals surface area contributed by atoms with Crippen molar-refractivity contribution in [3.63, 3.8) is 0 Å². The molecule has 0 aromatic heterocycles. The number of thioether (sulfide) groups is 1. The molecule has 2 rings (SSSR count). The molecule has 1 aromatic carbocycles. The third-order valence-corrected chi connectivity index (χ3v) is 5.01. The van der Waals surface area contributed by atoms with Crippen molar-refractivity contribution in [2.75, 3.05) is 13.2 Å². The molecule has 146 valence electrons. The number of rotatable bonds is 9. The van der Waals surface area contributed by atoms with Crippen molar-refractivity contribution >= 4 is 46.3 Å². The number of carbonyl (C=O) groups is 2. The van der Waals surface area contributed by atoms with Gasteiger partial charge in [0.25, 0.3) is 5.91 Å². The van der Waals surface area contributed by atoms with Gasteiger partial charge in [0.1, 0.15) is 10.1 Å². The Balaban J connectivity index is 1.96. The Kier molecular flexibility index (Phi) is 8.31. The Morgan fingerprint density at radius 2 is 2.15 bits per heavy atom. The summed E-state index contributed by atoms with van der Waals surface area (Å²) in [6.45, 7) is 6.73. The second-order valence-electron chi connectivity index (χ2n) is 6.40. The fourth-order valence-corrected chi connectivity index (χ4v) is 3.77. The Bertz CT molecular complexity index is 730. The van der Waals surface area contributed by atoms with Crippen LogP contribution in [0, 0.1) is 0 Å². The smallest absolute Gasteiger partial charge is 0.305 e. The second-order valence-corrected chi connectivity index (χ2v) is 8.07. The monoisotopic (exact) mass is 407 g/mol. The molecule has 0 unspecified atom stereocenters. The molecule has 7 heteroatoms. The standard InChI is InChI=1S/C20H25NO4S2/c1-4-11-24-18(22)9-6-10-21-19(23)17(27-20(21)26)13-15-7-5-8-16(12-15)25-14(2)3/h5,7-8,12-14H,4,6,9-11H2,1-3H3/b17-13+. The minimum atomic E-state index is -0.236. The highest BCUT2D eigenvalue weighted by atomic mass is 32.2. The summed E-state index contributed by atoms with van der Waals surface area (Å²) in [5.41, 5.74) is 0.886. The number of ether oxygens (including phenoxy) is 2. The van der Waals surface area contributed by atoms with E-state index < -0.39 is 0 Å². The summed E-state index contributed by atoms with van der Waals surface area (Å²) in [6.07, 6.45) is 3.52. The van der Waals surface area contributed by atoms with Gasteiger partial charge in [-0.05, 0) is 50.5 Å². The Morgan fingerprint density at radius 1 is 1.37 bits per heavy atom. The predicted molar refractivity (Wildman–Crippen MR) is 113 cm³/mol. The maximum atomic E-state index is 12.6. The van der Waals surface area contributed by atoms with Crippen LogP contribution >= 0.6 is 24.0 Å². The maximum Gasteiger partial charge on any atom is 0.305 e. The van der Waals surface area contributed by atoms with Gasteiger partial charge in [-0.15, -0.1) is 0 Å². The third-order valence-electron chi connectivity index (χ3n) is 3.63. The molecular formula is C20H25NO4S2. The van der Waals surface area contributed by atoms with Crippen LogP contribution in [0.15, 0.2) is 29.2 Å². The van der Waals surface area contributed by atoms with Crippen LogP contribution in [0.4, 0.5) is 0 Å². The molecule has 1 amide bonds. The second kappa shape index (κ2) is 10.5. The van der Waals surface area contributed by atoms with Gasteiger partial charge in [-0.2, -0.15) is 0 Å². The topological polar surface area (TPSA) is 55.8 Å². The van der Waals surface area contributed by atoms with Gasteiger partial charge >= 0.3 is 5.97 Å². The highest BCUT2D eigenvalue weighted by Gasteiger charge is 2.31. The minimum Gasteiger partial charge on any atom is -0.491 e. The quantitative estimate of drug-likeness (QED) is 0.343. The molecule has 5 nitrogen and oxygen atoms in total. The van der Waals surface area contributed by atoms with Crippen molar-refractivity contribution in [2.24, 2.45) is 0 Å². The van der Waals surface area contributed by atoms with Gasteiger partial charge in [0.05, 0.1) is 17.6 Å². The van der Waals surface area contributed by atoms with Gasteiger partial charge in [-0.1, -0.05) is 43.0 Å². The summed E-state index contributed by atoms with van der Waals surface area (Å²) in [5, 5.41) is 0. The van der Waals surface area contributed by atoms with E-state index in [-0.39, 0.29) is 24.4 Å². The molecule has 0 bridgehead atoms. The lowest BCUT2D eigenvalue weighted by Gasteiger charge is -2.13. The number of hydrogen-bond donors (Lipinski definition) is 0. The highest BCUT2D eigenvalue weighted by Crippen LogP contribution is 2.33. The van der Waals surface area contributed by atoms with Gasteiger partial charge in [-0.3, -0.25) is 14.5 Å². The molecule has 0 N–H and O–H groups in total. The highest BCUT2D eigenvalue weighted by molar-refractivity contribution is 8.26. The van der Waals surface area contributed by atoms with Crippen molar-refractivity contribution < 1.29 is 19.1 Å². The molecule has 1 saturated heterocycles. The maximum absolute atomic E-state index is 12.6. The molecule has 1 aliphatic rings. The van der Waals surface area contributed by atoms with Crippen molar-refractivity contribution in [1.29, 1.82) is 0 Å². The zero-order valence-corrected chi connectivity index (χ0v) is 17.5. The average molecular weight is 408 g/mol. The third kappa shape index (κ3) is 6.66. The number of benzene rings is 1. The van der Waals surface area contributed by atoms with E-state index in [1.165, 1.54) is 11.8 Å². The van der Waals surface area contributed by atoms with E-state index >= 15 is 0 Å². The van der Waals surface area contributed by atoms with E-state index in [4.69, 9.17) is 21.7 Å². The first kappa shape index (κ1) is 21.4. The van der Waals surface area contributed by atoms with Crippen LogP contribution in [0.25, 0.3) is 6.08 Å². The Labute approximate surface area is 170 Å². The van der Waals surface area contributed by atoms with Gasteiger partial charge in [0, 0.05) is 13.0 Å². The van der Waals surface area contributed by atoms with E-state index in [1.54, 1.807) is 4.90 Å². The number of thiocarbonyl (C=S) groups is 1. The zero-order chi connectivity index (χ0) is 19.8. The fraction of sp³-hybridized carbons (Fsp3) is 0.450. The van der Waals surface area contributed by atoms with E-state index in [1.807, 2.05) is 51.1 Å². The van der Waals surface area contributed by atoms with Gasteiger partial charge in [-0.25, -0.2) is 0 Å². The Morgan fingerprint density at radius 3 is 2.85 bits per heavy atom. The molecule has 0 radical (unpaired) electrons. The van der Waals surface area contributed by atoms with Crippen molar-refractivity contribution in [3.05, 3.63) is 34.7 Å². The van der Waals surface area contributed by atoms with Crippen LogP contribution in [0.2, 0.25) is 0 Å². The first-order valence-electron chi connectivity index (χ1n) is 9.08. The summed E-state index contributed by atoms with van der Waals surface area (Å²) in [4.78, 5) is 26.3. The molecule has 1 aliphatic heterocycles. The first-order valence-corrected chi connectivity index (χ1v) is 10.3. The first-order chi connectivity index (χ1) is 12.9. The summed E-state index contributed by atoms with van der Waals surface area (Å²) in [5.74, 6) is 0.404. The minimum absolute atomic E-state index is 0.0856. The summed E-state index contributed by atoms with van der Waals surface area (Å²) in [7, 11) is 0. The lowest BCUT2D eigenvalue weighted by molar-refractivity contribution is -0.144. The van der Waals surface area contributed by atoms with Crippen LogP contribution in [-0.2, 0) is 14.3 Å². The molecule has 0 saturated carbocycles. The van der Waals surface area contributed by atoms with Crippen LogP contribution in [0.1, 0.15) is 45.6 Å². The number of hydrogen-bond acceptors (Lipinski definition) is 6. The number of nitrogens with zero attached hydrogens (tertiary/aromatic N) is 1. The fourth-order valence-electron chi connectivity index (χ4n) is 2.46. The zero-order valence-electron chi connectivity index (χ0n) is 15.9. The van der Waals surface area contributed by atoms with Gasteiger partial charge < -0.3 is 9.47 Å². The largest absolute Gasteiger partial charge is 0.491 e. The van der Waals surface area contributed by atoms with Crippen LogP contribution < -0.4 is 4.74 Å². The van der Waals surface area contributed by atoms with E-state index in [0.29, 0.717) is 28.8 Å².